The number of likely N-dealkylation sites (tertiary alicyclic amines) is 1. The molecule has 0 bridgehead atoms. The van der Waals surface area contributed by atoms with Crippen molar-refractivity contribution in [3.05, 3.63) is 33.3 Å². The van der Waals surface area contributed by atoms with Gasteiger partial charge in [-0.25, -0.2) is 0 Å². The number of amides is 1. The van der Waals surface area contributed by atoms with Crippen LogP contribution in [0, 0.1) is 5.92 Å². The Hall–Kier alpha value is -0.540. The first-order valence-corrected chi connectivity index (χ1v) is 9.09. The molecule has 1 aliphatic heterocycles. The van der Waals surface area contributed by atoms with Gasteiger partial charge in [0.05, 0.1) is 0 Å². The molecular formula is C17H21BrClNO. The molecule has 1 unspecified atom stereocenters. The summed E-state index contributed by atoms with van der Waals surface area (Å²) in [5, 5.41) is 0.612. The van der Waals surface area contributed by atoms with Crippen molar-refractivity contribution >= 4 is 33.4 Å². The first-order chi connectivity index (χ1) is 10.1. The number of carbonyl (C=O) groups excluding carboxylic acids is 1. The molecule has 2 fully saturated rings. The van der Waals surface area contributed by atoms with Crippen LogP contribution in [0.5, 0.6) is 0 Å². The second kappa shape index (κ2) is 6.70. The van der Waals surface area contributed by atoms with Gasteiger partial charge in [0.1, 0.15) is 0 Å². The van der Waals surface area contributed by atoms with Gasteiger partial charge in [-0.3, -0.25) is 4.79 Å². The third kappa shape index (κ3) is 3.45. The topological polar surface area (TPSA) is 20.3 Å². The molecule has 1 aromatic rings. The number of halogens is 2. The third-order valence-corrected chi connectivity index (χ3v) is 5.54. The molecule has 3 rings (SSSR count). The van der Waals surface area contributed by atoms with E-state index in [9.17, 15) is 4.79 Å². The van der Waals surface area contributed by atoms with Gasteiger partial charge >= 0.3 is 0 Å². The molecule has 0 radical (unpaired) electrons. The van der Waals surface area contributed by atoms with Crippen molar-refractivity contribution in [1.82, 2.24) is 4.90 Å². The van der Waals surface area contributed by atoms with Gasteiger partial charge in [0.15, 0.2) is 0 Å². The molecule has 2 aliphatic rings. The van der Waals surface area contributed by atoms with E-state index in [0.717, 1.165) is 23.9 Å². The van der Waals surface area contributed by atoms with E-state index in [2.05, 4.69) is 20.8 Å². The van der Waals surface area contributed by atoms with Crippen LogP contribution in [0.4, 0.5) is 0 Å². The predicted molar refractivity (Wildman–Crippen MR) is 89.8 cm³/mol. The fourth-order valence-corrected chi connectivity index (χ4v) is 4.76. The van der Waals surface area contributed by atoms with Gasteiger partial charge in [0, 0.05) is 27.6 Å². The van der Waals surface area contributed by atoms with E-state index in [1.54, 1.807) is 6.07 Å². The molecule has 1 aliphatic carbocycles. The van der Waals surface area contributed by atoms with E-state index in [1.165, 1.54) is 32.1 Å². The van der Waals surface area contributed by atoms with E-state index in [0.29, 0.717) is 22.5 Å². The van der Waals surface area contributed by atoms with Crippen LogP contribution in [0.25, 0.3) is 0 Å². The number of hydrogen-bond acceptors (Lipinski definition) is 1. The zero-order valence-corrected chi connectivity index (χ0v) is 14.5. The lowest BCUT2D eigenvalue weighted by Gasteiger charge is -2.34. The standard InChI is InChI=1S/C17H21BrClNO/c18-14-9-13(10-15(19)11-14)17(21)20-8-4-7-16(20)12-5-2-1-3-6-12/h9-12,16H,1-8H2. The molecule has 1 aromatic carbocycles. The number of benzene rings is 1. The normalized spacial score (nSPS) is 23.5. The molecule has 0 N–H and O–H groups in total. The maximum Gasteiger partial charge on any atom is 0.254 e. The van der Waals surface area contributed by atoms with Crippen LogP contribution in [-0.2, 0) is 0 Å². The molecule has 4 heteroatoms. The molecule has 1 atom stereocenters. The minimum absolute atomic E-state index is 0.145. The summed E-state index contributed by atoms with van der Waals surface area (Å²) >= 11 is 9.51. The average Bonchev–Trinajstić information content (AvgIpc) is 2.95. The summed E-state index contributed by atoms with van der Waals surface area (Å²) in [5.41, 5.74) is 0.706. The Kier molecular flexibility index (Phi) is 4.90. The zero-order chi connectivity index (χ0) is 14.8. The molecule has 1 amide bonds. The Balaban J connectivity index is 1.79. The van der Waals surface area contributed by atoms with Crippen molar-refractivity contribution in [3.63, 3.8) is 0 Å². The largest absolute Gasteiger partial charge is 0.335 e. The molecule has 0 spiro atoms. The van der Waals surface area contributed by atoms with Gasteiger partial charge in [-0.15, -0.1) is 0 Å². The lowest BCUT2D eigenvalue weighted by atomic mass is 9.83. The van der Waals surface area contributed by atoms with Crippen molar-refractivity contribution in [2.45, 2.75) is 51.0 Å². The summed E-state index contributed by atoms with van der Waals surface area (Å²) in [6.45, 7) is 0.893. The molecule has 114 valence electrons. The van der Waals surface area contributed by atoms with Crippen LogP contribution in [0.3, 0.4) is 0 Å². The molecule has 1 saturated heterocycles. The van der Waals surface area contributed by atoms with Crippen LogP contribution in [-0.4, -0.2) is 23.4 Å². The Labute approximate surface area is 140 Å². The highest BCUT2D eigenvalue weighted by molar-refractivity contribution is 9.10. The summed E-state index contributed by atoms with van der Waals surface area (Å²) in [6.07, 6.45) is 8.88. The molecule has 2 nitrogen and oxygen atoms in total. The van der Waals surface area contributed by atoms with Gasteiger partial charge in [-0.05, 0) is 49.8 Å². The Bertz CT molecular complexity index is 507. The summed E-state index contributed by atoms with van der Waals surface area (Å²) in [6, 6.07) is 5.92. The van der Waals surface area contributed by atoms with Crippen molar-refractivity contribution < 1.29 is 4.79 Å². The Morgan fingerprint density at radius 3 is 2.57 bits per heavy atom. The van der Waals surface area contributed by atoms with Crippen LogP contribution in [0.2, 0.25) is 5.02 Å². The first kappa shape index (κ1) is 15.4. The fourth-order valence-electron chi connectivity index (χ4n) is 3.90. The van der Waals surface area contributed by atoms with E-state index in [4.69, 9.17) is 11.6 Å². The second-order valence-electron chi connectivity index (χ2n) is 6.26. The highest BCUT2D eigenvalue weighted by Crippen LogP contribution is 2.35. The van der Waals surface area contributed by atoms with Gasteiger partial charge in [0.25, 0.3) is 5.91 Å². The van der Waals surface area contributed by atoms with E-state index >= 15 is 0 Å². The SMILES string of the molecule is O=C(c1cc(Cl)cc(Br)c1)N1CCCC1C1CCCCC1. The van der Waals surface area contributed by atoms with E-state index in [1.807, 2.05) is 12.1 Å². The third-order valence-electron chi connectivity index (χ3n) is 4.86. The Morgan fingerprint density at radius 2 is 1.86 bits per heavy atom. The maximum absolute atomic E-state index is 12.9. The summed E-state index contributed by atoms with van der Waals surface area (Å²) in [7, 11) is 0. The highest BCUT2D eigenvalue weighted by atomic mass is 79.9. The molecule has 1 heterocycles. The minimum Gasteiger partial charge on any atom is -0.335 e. The van der Waals surface area contributed by atoms with Crippen LogP contribution < -0.4 is 0 Å². The Morgan fingerprint density at radius 1 is 1.10 bits per heavy atom. The number of rotatable bonds is 2. The van der Waals surface area contributed by atoms with Crippen molar-refractivity contribution in [2.24, 2.45) is 5.92 Å². The predicted octanol–water partition coefficient (Wildman–Crippen LogP) is 5.29. The molecular weight excluding hydrogens is 350 g/mol. The lowest BCUT2D eigenvalue weighted by Crippen LogP contribution is -2.40. The van der Waals surface area contributed by atoms with Gasteiger partial charge in [-0.2, -0.15) is 0 Å². The minimum atomic E-state index is 0.145. The average molecular weight is 371 g/mol. The highest BCUT2D eigenvalue weighted by Gasteiger charge is 2.35. The lowest BCUT2D eigenvalue weighted by molar-refractivity contribution is 0.0661. The van der Waals surface area contributed by atoms with E-state index in [-0.39, 0.29) is 5.91 Å². The monoisotopic (exact) mass is 369 g/mol. The van der Waals surface area contributed by atoms with Gasteiger partial charge < -0.3 is 4.90 Å². The van der Waals surface area contributed by atoms with Crippen molar-refractivity contribution in [1.29, 1.82) is 0 Å². The van der Waals surface area contributed by atoms with Crippen molar-refractivity contribution in [3.8, 4) is 0 Å². The summed E-state index contributed by atoms with van der Waals surface area (Å²) < 4.78 is 0.867. The zero-order valence-electron chi connectivity index (χ0n) is 12.2. The summed E-state index contributed by atoms with van der Waals surface area (Å²) in [5.74, 6) is 0.846. The fraction of sp³-hybridized carbons (Fsp3) is 0.588. The van der Waals surface area contributed by atoms with Gasteiger partial charge in [-0.1, -0.05) is 46.8 Å². The van der Waals surface area contributed by atoms with Crippen LogP contribution >= 0.6 is 27.5 Å². The quantitative estimate of drug-likeness (QED) is 0.693. The maximum atomic E-state index is 12.9. The smallest absolute Gasteiger partial charge is 0.254 e. The van der Waals surface area contributed by atoms with E-state index < -0.39 is 0 Å². The molecule has 0 aromatic heterocycles. The first-order valence-electron chi connectivity index (χ1n) is 7.92. The van der Waals surface area contributed by atoms with Crippen LogP contribution in [0.15, 0.2) is 22.7 Å². The molecule has 21 heavy (non-hydrogen) atoms. The number of carbonyl (C=O) groups is 1. The molecule has 1 saturated carbocycles. The van der Waals surface area contributed by atoms with Gasteiger partial charge in [0.2, 0.25) is 0 Å². The number of nitrogens with zero attached hydrogens (tertiary/aromatic N) is 1. The summed E-state index contributed by atoms with van der Waals surface area (Å²) in [4.78, 5) is 15.0. The van der Waals surface area contributed by atoms with Crippen molar-refractivity contribution in [2.75, 3.05) is 6.54 Å². The number of hydrogen-bond donors (Lipinski definition) is 0. The second-order valence-corrected chi connectivity index (χ2v) is 7.62. The van der Waals surface area contributed by atoms with Crippen LogP contribution in [0.1, 0.15) is 55.3 Å².